The van der Waals surface area contributed by atoms with Crippen molar-refractivity contribution in [2.24, 2.45) is 11.8 Å². The van der Waals surface area contributed by atoms with Gasteiger partial charge in [0.2, 0.25) is 5.28 Å². The molecule has 0 radical (unpaired) electrons. The fraction of sp³-hybridized carbons (Fsp3) is 0.467. The Labute approximate surface area is 150 Å². The van der Waals surface area contributed by atoms with Crippen LogP contribution in [0.3, 0.4) is 0 Å². The minimum Gasteiger partial charge on any atom is -0.393 e. The molecule has 0 spiro atoms. The lowest BCUT2D eigenvalue weighted by Gasteiger charge is -2.33. The maximum Gasteiger partial charge on any atom is 0.225 e. The molecule has 8 heteroatoms. The number of hydrogen-bond acceptors (Lipinski definition) is 4. The predicted octanol–water partition coefficient (Wildman–Crippen LogP) is 4.05. The fourth-order valence-electron chi connectivity index (χ4n) is 3.77. The van der Waals surface area contributed by atoms with Crippen LogP contribution in [0.1, 0.15) is 12.8 Å². The molecule has 0 amide bonds. The van der Waals surface area contributed by atoms with E-state index in [1.807, 2.05) is 0 Å². The third-order valence-electron chi connectivity index (χ3n) is 4.77. The molecule has 2 aliphatic rings. The maximum atomic E-state index is 14.5. The SMILES string of the molecule is OC1CC2C[C@H]1CN(c1nc(Cl)nc3c(F)c(Br)c(Cl)cc13)C2. The van der Waals surface area contributed by atoms with Crippen molar-refractivity contribution in [2.75, 3.05) is 18.0 Å². The van der Waals surface area contributed by atoms with Crippen LogP contribution in [-0.2, 0) is 0 Å². The highest BCUT2D eigenvalue weighted by Crippen LogP contribution is 2.41. The number of piperidine rings is 1. The number of halogens is 4. The van der Waals surface area contributed by atoms with Crippen molar-refractivity contribution in [1.29, 1.82) is 0 Å². The third kappa shape index (κ3) is 2.60. The Balaban J connectivity index is 1.87. The zero-order chi connectivity index (χ0) is 16.3. The lowest BCUT2D eigenvalue weighted by atomic mass is 9.98. The van der Waals surface area contributed by atoms with Crippen molar-refractivity contribution in [2.45, 2.75) is 18.9 Å². The molecule has 1 aliphatic carbocycles. The zero-order valence-corrected chi connectivity index (χ0v) is 15.0. The lowest BCUT2D eigenvalue weighted by molar-refractivity contribution is 0.137. The van der Waals surface area contributed by atoms with Crippen LogP contribution in [0.4, 0.5) is 10.2 Å². The Morgan fingerprint density at radius 2 is 2.04 bits per heavy atom. The molecule has 2 fully saturated rings. The molecule has 3 atom stereocenters. The molecule has 1 N–H and O–H groups in total. The summed E-state index contributed by atoms with van der Waals surface area (Å²) in [6.07, 6.45) is 1.55. The third-order valence-corrected chi connectivity index (χ3v) is 6.24. The molecule has 1 aromatic heterocycles. The summed E-state index contributed by atoms with van der Waals surface area (Å²) in [6, 6.07) is 1.66. The van der Waals surface area contributed by atoms with Gasteiger partial charge in [0, 0.05) is 24.4 Å². The Hall–Kier alpha value is -0.690. The van der Waals surface area contributed by atoms with Gasteiger partial charge < -0.3 is 10.0 Å². The molecule has 1 saturated carbocycles. The summed E-state index contributed by atoms with van der Waals surface area (Å²) in [5.41, 5.74) is 0.148. The summed E-state index contributed by atoms with van der Waals surface area (Å²) in [7, 11) is 0. The molecule has 4 rings (SSSR count). The Morgan fingerprint density at radius 3 is 2.78 bits per heavy atom. The van der Waals surface area contributed by atoms with E-state index < -0.39 is 5.82 Å². The Kier molecular flexibility index (Phi) is 3.91. The zero-order valence-electron chi connectivity index (χ0n) is 11.9. The Bertz CT molecular complexity index is 804. The predicted molar refractivity (Wildman–Crippen MR) is 91.6 cm³/mol. The van der Waals surface area contributed by atoms with E-state index in [0.29, 0.717) is 23.7 Å². The molecule has 1 aliphatic heterocycles. The van der Waals surface area contributed by atoms with Gasteiger partial charge in [-0.1, -0.05) is 11.6 Å². The standard InChI is InChI=1S/C15H13BrCl2FN3O/c16-11-9(17)3-8-13(12(11)19)20-15(18)21-14(8)22-4-6-1-7(5-22)10(23)2-6/h3,6-7,10,23H,1-2,4-5H2/t6?,7-,10?/m0/s1. The van der Waals surface area contributed by atoms with Crippen LogP contribution < -0.4 is 4.90 Å². The topological polar surface area (TPSA) is 49.2 Å². The molecule has 1 aromatic carbocycles. The van der Waals surface area contributed by atoms with Gasteiger partial charge >= 0.3 is 0 Å². The van der Waals surface area contributed by atoms with Gasteiger partial charge in [-0.05, 0) is 52.4 Å². The highest BCUT2D eigenvalue weighted by molar-refractivity contribution is 9.10. The number of fused-ring (bicyclic) bond motifs is 3. The second-order valence-electron chi connectivity index (χ2n) is 6.27. The normalized spacial score (nSPS) is 27.0. The average Bonchev–Trinajstić information content (AvgIpc) is 2.77. The first-order valence-corrected chi connectivity index (χ1v) is 8.92. The van der Waals surface area contributed by atoms with Crippen LogP contribution in [0.15, 0.2) is 10.5 Å². The highest BCUT2D eigenvalue weighted by atomic mass is 79.9. The molecule has 4 nitrogen and oxygen atoms in total. The summed E-state index contributed by atoms with van der Waals surface area (Å²) in [5, 5.41) is 10.9. The summed E-state index contributed by atoms with van der Waals surface area (Å²) < 4.78 is 14.6. The van der Waals surface area contributed by atoms with Crippen LogP contribution in [0.2, 0.25) is 10.3 Å². The van der Waals surface area contributed by atoms with E-state index in [0.717, 1.165) is 19.4 Å². The molecule has 1 saturated heterocycles. The number of benzene rings is 1. The van der Waals surface area contributed by atoms with E-state index in [9.17, 15) is 9.50 Å². The van der Waals surface area contributed by atoms with Gasteiger partial charge in [0.25, 0.3) is 0 Å². The van der Waals surface area contributed by atoms with Crippen LogP contribution in [0.5, 0.6) is 0 Å². The van der Waals surface area contributed by atoms with Crippen LogP contribution in [-0.4, -0.2) is 34.3 Å². The molecule has 2 aromatic rings. The van der Waals surface area contributed by atoms with Gasteiger partial charge in [0.05, 0.1) is 15.6 Å². The first-order valence-electron chi connectivity index (χ1n) is 7.37. The van der Waals surface area contributed by atoms with E-state index in [4.69, 9.17) is 23.2 Å². The van der Waals surface area contributed by atoms with Crippen LogP contribution in [0, 0.1) is 17.7 Å². The smallest absolute Gasteiger partial charge is 0.225 e. The maximum absolute atomic E-state index is 14.5. The van der Waals surface area contributed by atoms with E-state index in [2.05, 4.69) is 30.8 Å². The van der Waals surface area contributed by atoms with Gasteiger partial charge in [-0.2, -0.15) is 4.98 Å². The van der Waals surface area contributed by atoms with Gasteiger partial charge in [0.15, 0.2) is 5.82 Å². The Morgan fingerprint density at radius 1 is 1.26 bits per heavy atom. The van der Waals surface area contributed by atoms with E-state index >= 15 is 0 Å². The molecule has 122 valence electrons. The van der Waals surface area contributed by atoms with E-state index in [-0.39, 0.29) is 32.3 Å². The van der Waals surface area contributed by atoms with Crippen molar-refractivity contribution < 1.29 is 9.50 Å². The van der Waals surface area contributed by atoms with Gasteiger partial charge in [-0.3, -0.25) is 0 Å². The number of nitrogens with zero attached hydrogens (tertiary/aromatic N) is 3. The second-order valence-corrected chi connectivity index (χ2v) is 7.81. The molecular weight excluding hydrogens is 408 g/mol. The number of aromatic nitrogens is 2. The summed E-state index contributed by atoms with van der Waals surface area (Å²) >= 11 is 15.2. The monoisotopic (exact) mass is 419 g/mol. The summed E-state index contributed by atoms with van der Waals surface area (Å²) in [5.74, 6) is 0.673. The van der Waals surface area contributed by atoms with E-state index in [1.54, 1.807) is 6.07 Å². The largest absolute Gasteiger partial charge is 0.393 e. The highest BCUT2D eigenvalue weighted by Gasteiger charge is 2.40. The number of hydrogen-bond donors (Lipinski definition) is 1. The van der Waals surface area contributed by atoms with Crippen molar-refractivity contribution in [3.63, 3.8) is 0 Å². The molecular formula is C15H13BrCl2FN3O. The molecule has 2 bridgehead atoms. The quantitative estimate of drug-likeness (QED) is 0.558. The minimum absolute atomic E-state index is 0.000841. The summed E-state index contributed by atoms with van der Waals surface area (Å²) in [4.78, 5) is 10.4. The average molecular weight is 421 g/mol. The van der Waals surface area contributed by atoms with Crippen molar-refractivity contribution in [3.05, 3.63) is 26.7 Å². The minimum atomic E-state index is -0.543. The van der Waals surface area contributed by atoms with E-state index in [1.165, 1.54) is 0 Å². The number of aliphatic hydroxyl groups excluding tert-OH is 1. The van der Waals surface area contributed by atoms with Crippen molar-refractivity contribution in [1.82, 2.24) is 9.97 Å². The van der Waals surface area contributed by atoms with Crippen molar-refractivity contribution in [3.8, 4) is 0 Å². The summed E-state index contributed by atoms with van der Waals surface area (Å²) in [6.45, 7) is 1.45. The fourth-order valence-corrected chi connectivity index (χ4v) is 4.43. The van der Waals surface area contributed by atoms with Gasteiger partial charge in [-0.15, -0.1) is 0 Å². The molecule has 23 heavy (non-hydrogen) atoms. The van der Waals surface area contributed by atoms with Crippen LogP contribution >= 0.6 is 39.1 Å². The molecule has 2 heterocycles. The first-order chi connectivity index (χ1) is 10.9. The number of anilines is 1. The first kappa shape index (κ1) is 15.8. The lowest BCUT2D eigenvalue weighted by Crippen LogP contribution is -2.38. The van der Waals surface area contributed by atoms with Gasteiger partial charge in [0.1, 0.15) is 11.3 Å². The van der Waals surface area contributed by atoms with Crippen molar-refractivity contribution >= 4 is 55.9 Å². The number of aliphatic hydroxyl groups is 1. The van der Waals surface area contributed by atoms with Gasteiger partial charge in [-0.25, -0.2) is 9.37 Å². The number of rotatable bonds is 1. The molecule has 2 unspecified atom stereocenters. The second kappa shape index (κ2) is 5.69. The van der Waals surface area contributed by atoms with Crippen LogP contribution in [0.25, 0.3) is 10.9 Å².